The number of rotatable bonds is 4. The Morgan fingerprint density at radius 3 is 2.76 bits per heavy atom. The summed E-state index contributed by atoms with van der Waals surface area (Å²) in [5.74, 6) is 0.420. The van der Waals surface area contributed by atoms with Gasteiger partial charge in [0.15, 0.2) is 0 Å². The highest BCUT2D eigenvalue weighted by molar-refractivity contribution is 14.1. The number of benzene rings is 1. The van der Waals surface area contributed by atoms with Crippen molar-refractivity contribution in [3.05, 3.63) is 27.3 Å². The van der Waals surface area contributed by atoms with Gasteiger partial charge in [0.2, 0.25) is 0 Å². The molecule has 4 heteroatoms. The van der Waals surface area contributed by atoms with Crippen molar-refractivity contribution < 1.29 is 14.6 Å². The highest BCUT2D eigenvalue weighted by Crippen LogP contribution is 2.27. The fourth-order valence-electron chi connectivity index (χ4n) is 2.13. The van der Waals surface area contributed by atoms with Crippen LogP contribution in [0, 0.1) is 9.49 Å². The topological polar surface area (TPSA) is 46.5 Å². The van der Waals surface area contributed by atoms with Gasteiger partial charge in [0, 0.05) is 0 Å². The normalized spacial score (nSPS) is 16.1. The van der Waals surface area contributed by atoms with Crippen LogP contribution in [0.25, 0.3) is 0 Å². The molecule has 0 aliphatic heterocycles. The van der Waals surface area contributed by atoms with Crippen LogP contribution < -0.4 is 4.74 Å². The molecular formula is C13H15IO3. The number of carbonyl (C=O) groups is 1. The fraction of sp³-hybridized carbons (Fsp3) is 0.462. The molecule has 0 spiro atoms. The second-order valence-corrected chi connectivity index (χ2v) is 5.57. The van der Waals surface area contributed by atoms with Crippen LogP contribution in [0.1, 0.15) is 36.0 Å². The first-order valence-electron chi connectivity index (χ1n) is 5.82. The van der Waals surface area contributed by atoms with Gasteiger partial charge in [0.05, 0.1) is 15.7 Å². The second-order valence-electron chi connectivity index (χ2n) is 4.41. The minimum Gasteiger partial charge on any atom is -0.492 e. The number of hydrogen-bond donors (Lipinski definition) is 1. The number of halogens is 1. The summed E-state index contributed by atoms with van der Waals surface area (Å²) in [6.45, 7) is 0.707. The van der Waals surface area contributed by atoms with Gasteiger partial charge >= 0.3 is 5.97 Å². The van der Waals surface area contributed by atoms with E-state index in [0.717, 1.165) is 3.57 Å². The summed E-state index contributed by atoms with van der Waals surface area (Å²) in [6, 6.07) is 5.00. The monoisotopic (exact) mass is 346 g/mol. The highest BCUT2D eigenvalue weighted by Gasteiger charge is 2.16. The van der Waals surface area contributed by atoms with Gasteiger partial charge in [-0.05, 0) is 59.5 Å². The van der Waals surface area contributed by atoms with E-state index in [1.54, 1.807) is 18.2 Å². The zero-order chi connectivity index (χ0) is 12.3. The predicted octanol–water partition coefficient (Wildman–Crippen LogP) is 3.56. The molecular weight excluding hydrogens is 331 g/mol. The molecule has 1 fully saturated rings. The molecule has 0 bridgehead atoms. The zero-order valence-corrected chi connectivity index (χ0v) is 11.6. The van der Waals surface area contributed by atoms with Gasteiger partial charge in [-0.3, -0.25) is 0 Å². The SMILES string of the molecule is O=C(O)c1ccc(I)c(OCC2CCCC2)c1. The average molecular weight is 346 g/mol. The van der Waals surface area contributed by atoms with Crippen LogP contribution in [0.2, 0.25) is 0 Å². The Labute approximate surface area is 114 Å². The maximum absolute atomic E-state index is 10.9. The van der Waals surface area contributed by atoms with Crippen molar-refractivity contribution in [3.8, 4) is 5.75 Å². The number of carboxylic acid groups (broad SMARTS) is 1. The lowest BCUT2D eigenvalue weighted by Crippen LogP contribution is -2.09. The van der Waals surface area contributed by atoms with Gasteiger partial charge < -0.3 is 9.84 Å². The van der Waals surface area contributed by atoms with Crippen molar-refractivity contribution in [1.82, 2.24) is 0 Å². The Hall–Kier alpha value is -0.780. The van der Waals surface area contributed by atoms with Crippen molar-refractivity contribution in [2.24, 2.45) is 5.92 Å². The molecule has 0 aromatic heterocycles. The molecule has 3 nitrogen and oxygen atoms in total. The van der Waals surface area contributed by atoms with Crippen LogP contribution in [0.3, 0.4) is 0 Å². The van der Waals surface area contributed by atoms with E-state index in [1.165, 1.54) is 25.7 Å². The van der Waals surface area contributed by atoms with E-state index < -0.39 is 5.97 Å². The van der Waals surface area contributed by atoms with Crippen LogP contribution in [0.5, 0.6) is 5.75 Å². The molecule has 0 heterocycles. The van der Waals surface area contributed by atoms with E-state index in [9.17, 15) is 4.79 Å². The van der Waals surface area contributed by atoms with Gasteiger partial charge in [0.1, 0.15) is 5.75 Å². The van der Waals surface area contributed by atoms with E-state index in [1.807, 2.05) is 0 Å². The van der Waals surface area contributed by atoms with Crippen molar-refractivity contribution >= 4 is 28.6 Å². The van der Waals surface area contributed by atoms with Crippen molar-refractivity contribution in [2.45, 2.75) is 25.7 Å². The molecule has 17 heavy (non-hydrogen) atoms. The Morgan fingerprint density at radius 2 is 2.12 bits per heavy atom. The molecule has 0 radical (unpaired) electrons. The van der Waals surface area contributed by atoms with Crippen molar-refractivity contribution in [1.29, 1.82) is 0 Å². The van der Waals surface area contributed by atoms with Crippen LogP contribution >= 0.6 is 22.6 Å². The van der Waals surface area contributed by atoms with E-state index in [-0.39, 0.29) is 5.56 Å². The van der Waals surface area contributed by atoms with E-state index >= 15 is 0 Å². The molecule has 1 aliphatic rings. The Kier molecular flexibility index (Phi) is 4.25. The van der Waals surface area contributed by atoms with Gasteiger partial charge in [0.25, 0.3) is 0 Å². The third kappa shape index (κ3) is 3.34. The number of ether oxygens (including phenoxy) is 1. The summed E-state index contributed by atoms with van der Waals surface area (Å²) in [4.78, 5) is 10.9. The third-order valence-electron chi connectivity index (χ3n) is 3.13. The zero-order valence-electron chi connectivity index (χ0n) is 9.49. The summed E-state index contributed by atoms with van der Waals surface area (Å²) >= 11 is 2.17. The Balaban J connectivity index is 2.03. The molecule has 1 aromatic carbocycles. The van der Waals surface area contributed by atoms with Gasteiger partial charge in [-0.15, -0.1) is 0 Å². The minimum absolute atomic E-state index is 0.284. The minimum atomic E-state index is -0.910. The molecule has 2 rings (SSSR count). The Morgan fingerprint density at radius 1 is 1.41 bits per heavy atom. The number of hydrogen-bond acceptors (Lipinski definition) is 2. The average Bonchev–Trinajstić information content (AvgIpc) is 2.80. The molecule has 1 aliphatic carbocycles. The molecule has 1 saturated carbocycles. The first-order chi connectivity index (χ1) is 8.16. The first kappa shape index (κ1) is 12.7. The van der Waals surface area contributed by atoms with Crippen LogP contribution in [-0.4, -0.2) is 17.7 Å². The largest absolute Gasteiger partial charge is 0.492 e. The predicted molar refractivity (Wildman–Crippen MR) is 73.6 cm³/mol. The van der Waals surface area contributed by atoms with E-state index in [2.05, 4.69) is 22.6 Å². The van der Waals surface area contributed by atoms with E-state index in [0.29, 0.717) is 18.3 Å². The third-order valence-corrected chi connectivity index (χ3v) is 4.02. The first-order valence-corrected chi connectivity index (χ1v) is 6.90. The summed E-state index contributed by atoms with van der Waals surface area (Å²) < 4.78 is 6.70. The van der Waals surface area contributed by atoms with E-state index in [4.69, 9.17) is 9.84 Å². The molecule has 0 saturated heterocycles. The van der Waals surface area contributed by atoms with Crippen molar-refractivity contribution in [3.63, 3.8) is 0 Å². The highest BCUT2D eigenvalue weighted by atomic mass is 127. The summed E-state index contributed by atoms with van der Waals surface area (Å²) in [7, 11) is 0. The Bertz CT molecular complexity index is 411. The fourth-order valence-corrected chi connectivity index (χ4v) is 2.62. The van der Waals surface area contributed by atoms with Gasteiger partial charge in [-0.25, -0.2) is 4.79 Å². The lowest BCUT2D eigenvalue weighted by Gasteiger charge is -2.13. The number of aromatic carboxylic acids is 1. The lowest BCUT2D eigenvalue weighted by atomic mass is 10.1. The standard InChI is InChI=1S/C13H15IO3/c14-11-6-5-10(13(15)16)7-12(11)17-8-9-3-1-2-4-9/h5-7,9H,1-4,8H2,(H,15,16). The number of carboxylic acids is 1. The lowest BCUT2D eigenvalue weighted by molar-refractivity contribution is 0.0696. The smallest absolute Gasteiger partial charge is 0.335 e. The maximum Gasteiger partial charge on any atom is 0.335 e. The molecule has 1 aromatic rings. The maximum atomic E-state index is 10.9. The second kappa shape index (κ2) is 5.71. The van der Waals surface area contributed by atoms with Crippen molar-refractivity contribution in [2.75, 3.05) is 6.61 Å². The molecule has 0 amide bonds. The molecule has 0 unspecified atom stereocenters. The molecule has 0 atom stereocenters. The quantitative estimate of drug-likeness (QED) is 0.848. The van der Waals surface area contributed by atoms with Crippen LogP contribution in [0.4, 0.5) is 0 Å². The van der Waals surface area contributed by atoms with Crippen LogP contribution in [-0.2, 0) is 0 Å². The summed E-state index contributed by atoms with van der Waals surface area (Å²) in [5.41, 5.74) is 0.284. The van der Waals surface area contributed by atoms with Crippen LogP contribution in [0.15, 0.2) is 18.2 Å². The molecule has 92 valence electrons. The molecule has 1 N–H and O–H groups in total. The summed E-state index contributed by atoms with van der Waals surface area (Å²) in [6.07, 6.45) is 5.05. The van der Waals surface area contributed by atoms with Gasteiger partial charge in [-0.1, -0.05) is 12.8 Å². The summed E-state index contributed by atoms with van der Waals surface area (Å²) in [5, 5.41) is 8.92. The van der Waals surface area contributed by atoms with Gasteiger partial charge in [-0.2, -0.15) is 0 Å².